The van der Waals surface area contributed by atoms with Gasteiger partial charge in [-0.2, -0.15) is 15.0 Å². The minimum Gasteiger partial charge on any atom is -0.358 e. The van der Waals surface area contributed by atoms with Crippen molar-refractivity contribution in [3.63, 3.8) is 0 Å². The Kier molecular flexibility index (Phi) is 5.09. The van der Waals surface area contributed by atoms with Crippen LogP contribution >= 0.6 is 0 Å². The minimum absolute atomic E-state index is 0.124. The molecule has 0 radical (unpaired) electrons. The summed E-state index contributed by atoms with van der Waals surface area (Å²) in [5.74, 6) is 1.25. The van der Waals surface area contributed by atoms with Gasteiger partial charge in [-0.1, -0.05) is 0 Å². The standard InChI is InChI=1S/C10H19N7O/c1-5-12-8-14-9(13-6-7(18)11-2)16-10(15-8)17(3)4/h5-6H2,1-4H3,(H,11,18)(H2,12,13,14,15,16). The average molecular weight is 253 g/mol. The van der Waals surface area contributed by atoms with Gasteiger partial charge >= 0.3 is 0 Å². The molecule has 0 aliphatic heterocycles. The van der Waals surface area contributed by atoms with E-state index in [4.69, 9.17) is 0 Å². The molecule has 100 valence electrons. The molecule has 8 heteroatoms. The third-order valence-electron chi connectivity index (χ3n) is 2.04. The van der Waals surface area contributed by atoms with Gasteiger partial charge in [0, 0.05) is 27.7 Å². The first-order valence-electron chi connectivity index (χ1n) is 5.68. The van der Waals surface area contributed by atoms with E-state index in [2.05, 4.69) is 30.9 Å². The number of carbonyl (C=O) groups excluding carboxylic acids is 1. The minimum atomic E-state index is -0.133. The van der Waals surface area contributed by atoms with Crippen LogP contribution in [0.5, 0.6) is 0 Å². The van der Waals surface area contributed by atoms with Crippen LogP contribution in [-0.4, -0.2) is 55.1 Å². The molecule has 1 rings (SSSR count). The third kappa shape index (κ3) is 4.04. The molecule has 1 aromatic rings. The van der Waals surface area contributed by atoms with E-state index in [0.29, 0.717) is 24.4 Å². The largest absolute Gasteiger partial charge is 0.358 e. The summed E-state index contributed by atoms with van der Waals surface area (Å²) in [4.78, 5) is 25.5. The maximum atomic E-state index is 11.1. The lowest BCUT2D eigenvalue weighted by Crippen LogP contribution is -2.27. The fraction of sp³-hybridized carbons (Fsp3) is 0.600. The molecule has 18 heavy (non-hydrogen) atoms. The molecule has 0 aliphatic carbocycles. The van der Waals surface area contributed by atoms with E-state index in [1.165, 1.54) is 0 Å². The Bertz CT molecular complexity index is 407. The van der Waals surface area contributed by atoms with Crippen LogP contribution in [0.2, 0.25) is 0 Å². The van der Waals surface area contributed by atoms with Gasteiger partial charge in [0.15, 0.2) is 0 Å². The maximum Gasteiger partial charge on any atom is 0.239 e. The van der Waals surface area contributed by atoms with Crippen LogP contribution in [0.3, 0.4) is 0 Å². The van der Waals surface area contributed by atoms with Crippen molar-refractivity contribution >= 4 is 23.8 Å². The first-order chi connectivity index (χ1) is 8.56. The third-order valence-corrected chi connectivity index (χ3v) is 2.04. The van der Waals surface area contributed by atoms with Crippen LogP contribution in [0.1, 0.15) is 6.92 Å². The number of carbonyl (C=O) groups is 1. The van der Waals surface area contributed by atoms with Gasteiger partial charge < -0.3 is 20.9 Å². The molecule has 1 heterocycles. The molecule has 0 saturated carbocycles. The van der Waals surface area contributed by atoms with E-state index in [0.717, 1.165) is 0 Å². The van der Waals surface area contributed by atoms with Crippen LogP contribution in [0.4, 0.5) is 17.8 Å². The summed E-state index contributed by atoms with van der Waals surface area (Å²) in [5, 5.41) is 8.38. The highest BCUT2D eigenvalue weighted by atomic mass is 16.1. The molecule has 0 aliphatic rings. The van der Waals surface area contributed by atoms with Gasteiger partial charge in [-0.15, -0.1) is 0 Å². The smallest absolute Gasteiger partial charge is 0.239 e. The number of anilines is 3. The van der Waals surface area contributed by atoms with Crippen LogP contribution in [0.15, 0.2) is 0 Å². The van der Waals surface area contributed by atoms with Crippen LogP contribution < -0.4 is 20.9 Å². The highest BCUT2D eigenvalue weighted by Gasteiger charge is 2.08. The van der Waals surface area contributed by atoms with Crippen molar-refractivity contribution in [2.75, 3.05) is 49.8 Å². The van der Waals surface area contributed by atoms with Gasteiger partial charge in [0.05, 0.1) is 6.54 Å². The number of hydrogen-bond donors (Lipinski definition) is 3. The lowest BCUT2D eigenvalue weighted by Gasteiger charge is -2.13. The fourth-order valence-corrected chi connectivity index (χ4v) is 1.13. The second-order valence-electron chi connectivity index (χ2n) is 3.73. The van der Waals surface area contributed by atoms with Crippen molar-refractivity contribution in [2.45, 2.75) is 6.92 Å². The highest BCUT2D eigenvalue weighted by molar-refractivity contribution is 5.79. The van der Waals surface area contributed by atoms with Gasteiger partial charge in [0.1, 0.15) is 0 Å². The average Bonchev–Trinajstić information content (AvgIpc) is 2.36. The zero-order valence-corrected chi connectivity index (χ0v) is 11.1. The monoisotopic (exact) mass is 253 g/mol. The first kappa shape index (κ1) is 13.9. The molecule has 1 aromatic heterocycles. The van der Waals surface area contributed by atoms with E-state index in [1.807, 2.05) is 21.0 Å². The Balaban J connectivity index is 2.85. The van der Waals surface area contributed by atoms with E-state index in [-0.39, 0.29) is 12.5 Å². The summed E-state index contributed by atoms with van der Waals surface area (Å²) >= 11 is 0. The van der Waals surface area contributed by atoms with Crippen LogP contribution in [0, 0.1) is 0 Å². The molecule has 0 atom stereocenters. The van der Waals surface area contributed by atoms with Gasteiger partial charge in [0.25, 0.3) is 0 Å². The molecule has 0 unspecified atom stereocenters. The maximum absolute atomic E-state index is 11.1. The Morgan fingerprint density at radius 2 is 1.78 bits per heavy atom. The molecular formula is C10H19N7O. The molecule has 0 bridgehead atoms. The number of nitrogens with zero attached hydrogens (tertiary/aromatic N) is 4. The summed E-state index contributed by atoms with van der Waals surface area (Å²) in [5.41, 5.74) is 0. The highest BCUT2D eigenvalue weighted by Crippen LogP contribution is 2.10. The molecule has 0 aromatic carbocycles. The van der Waals surface area contributed by atoms with E-state index < -0.39 is 0 Å². The SMILES string of the molecule is CCNc1nc(NCC(=O)NC)nc(N(C)C)n1. The number of likely N-dealkylation sites (N-methyl/N-ethyl adjacent to an activating group) is 1. The van der Waals surface area contributed by atoms with Crippen molar-refractivity contribution in [3.05, 3.63) is 0 Å². The van der Waals surface area contributed by atoms with Gasteiger partial charge in [-0.3, -0.25) is 4.79 Å². The van der Waals surface area contributed by atoms with Crippen molar-refractivity contribution in [1.29, 1.82) is 0 Å². The quantitative estimate of drug-likeness (QED) is 0.630. The Hall–Kier alpha value is -2.12. The lowest BCUT2D eigenvalue weighted by atomic mass is 10.6. The summed E-state index contributed by atoms with van der Waals surface area (Å²) in [7, 11) is 5.26. The molecule has 0 saturated heterocycles. The van der Waals surface area contributed by atoms with Crippen molar-refractivity contribution in [2.24, 2.45) is 0 Å². The summed E-state index contributed by atoms with van der Waals surface area (Å²) in [6.07, 6.45) is 0. The van der Waals surface area contributed by atoms with Gasteiger partial charge in [0.2, 0.25) is 23.8 Å². The molecule has 1 amide bonds. The Morgan fingerprint density at radius 3 is 2.28 bits per heavy atom. The number of nitrogens with one attached hydrogen (secondary N) is 3. The topological polar surface area (TPSA) is 95.1 Å². The predicted molar refractivity (Wildman–Crippen MR) is 70.9 cm³/mol. The molecule has 0 fully saturated rings. The number of rotatable bonds is 6. The molecule has 0 spiro atoms. The Labute approximate surface area is 106 Å². The van der Waals surface area contributed by atoms with Gasteiger partial charge in [-0.25, -0.2) is 0 Å². The van der Waals surface area contributed by atoms with E-state index in [9.17, 15) is 4.79 Å². The zero-order valence-electron chi connectivity index (χ0n) is 11.1. The van der Waals surface area contributed by atoms with Crippen LogP contribution in [-0.2, 0) is 4.79 Å². The van der Waals surface area contributed by atoms with E-state index in [1.54, 1.807) is 11.9 Å². The second kappa shape index (κ2) is 6.58. The van der Waals surface area contributed by atoms with Crippen molar-refractivity contribution in [3.8, 4) is 0 Å². The van der Waals surface area contributed by atoms with Crippen molar-refractivity contribution < 1.29 is 4.79 Å². The number of hydrogen-bond acceptors (Lipinski definition) is 7. The molecule has 3 N–H and O–H groups in total. The zero-order chi connectivity index (χ0) is 13.5. The van der Waals surface area contributed by atoms with Crippen LogP contribution in [0.25, 0.3) is 0 Å². The lowest BCUT2D eigenvalue weighted by molar-refractivity contribution is -0.118. The van der Waals surface area contributed by atoms with Gasteiger partial charge in [-0.05, 0) is 6.92 Å². The molecular weight excluding hydrogens is 234 g/mol. The van der Waals surface area contributed by atoms with E-state index >= 15 is 0 Å². The normalized spacial score (nSPS) is 9.78. The molecule has 8 nitrogen and oxygen atoms in total. The predicted octanol–water partition coefficient (Wildman–Crippen LogP) is -0.473. The second-order valence-corrected chi connectivity index (χ2v) is 3.73. The number of amides is 1. The Morgan fingerprint density at radius 1 is 1.17 bits per heavy atom. The number of aromatic nitrogens is 3. The summed E-state index contributed by atoms with van der Waals surface area (Å²) in [6, 6.07) is 0. The summed E-state index contributed by atoms with van der Waals surface area (Å²) < 4.78 is 0. The fourth-order valence-electron chi connectivity index (χ4n) is 1.13. The van der Waals surface area contributed by atoms with Crippen molar-refractivity contribution in [1.82, 2.24) is 20.3 Å². The first-order valence-corrected chi connectivity index (χ1v) is 5.68. The summed E-state index contributed by atoms with van der Waals surface area (Å²) in [6.45, 7) is 2.79.